The van der Waals surface area contributed by atoms with Gasteiger partial charge in [0.15, 0.2) is 6.61 Å². The summed E-state index contributed by atoms with van der Waals surface area (Å²) in [6, 6.07) is 15.5. The number of carbonyl (C=O) groups excluding carboxylic acids is 2. The highest BCUT2D eigenvalue weighted by atomic mass is 35.5. The van der Waals surface area contributed by atoms with Crippen molar-refractivity contribution in [1.29, 1.82) is 0 Å². The minimum absolute atomic E-state index is 0.118. The molecule has 0 saturated heterocycles. The van der Waals surface area contributed by atoms with Crippen molar-refractivity contribution in [2.24, 2.45) is 5.73 Å². The number of halogens is 1. The molecule has 0 fully saturated rings. The Morgan fingerprint density at radius 3 is 2.50 bits per heavy atom. The van der Waals surface area contributed by atoms with E-state index in [0.717, 1.165) is 12.1 Å². The van der Waals surface area contributed by atoms with Gasteiger partial charge in [0.05, 0.1) is 16.3 Å². The van der Waals surface area contributed by atoms with Gasteiger partial charge in [0, 0.05) is 10.6 Å². The molecule has 2 amide bonds. The molecule has 166 valence electrons. The number of hydrogen-bond acceptors (Lipinski definition) is 6. The summed E-state index contributed by atoms with van der Waals surface area (Å²) in [5.74, 6) is -1.40. The maximum absolute atomic E-state index is 12.7. The highest BCUT2D eigenvalue weighted by Crippen LogP contribution is 2.28. The van der Waals surface area contributed by atoms with Gasteiger partial charge in [0.25, 0.3) is 21.8 Å². The monoisotopic (exact) mass is 475 g/mol. The zero-order chi connectivity index (χ0) is 23.3. The van der Waals surface area contributed by atoms with Crippen molar-refractivity contribution in [1.82, 2.24) is 0 Å². The van der Waals surface area contributed by atoms with Crippen LogP contribution in [-0.2, 0) is 14.8 Å². The van der Waals surface area contributed by atoms with Crippen LogP contribution in [0, 0.1) is 0 Å². The van der Waals surface area contributed by atoms with Gasteiger partial charge in [-0.15, -0.1) is 0 Å². The fraction of sp³-hybridized carbons (Fsp3) is 0.0476. The van der Waals surface area contributed by atoms with Gasteiger partial charge in [-0.3, -0.25) is 14.3 Å². The molecule has 0 bridgehead atoms. The minimum Gasteiger partial charge on any atom is -0.506 e. The molecule has 32 heavy (non-hydrogen) atoms. The van der Waals surface area contributed by atoms with E-state index < -0.39 is 21.8 Å². The Kier molecular flexibility index (Phi) is 6.86. The Hall–Kier alpha value is -3.76. The van der Waals surface area contributed by atoms with Crippen molar-refractivity contribution in [2.75, 3.05) is 16.6 Å². The molecule has 0 aliphatic heterocycles. The topological polar surface area (TPSA) is 148 Å². The number of sulfonamides is 1. The van der Waals surface area contributed by atoms with Crippen LogP contribution in [0.3, 0.4) is 0 Å². The summed E-state index contributed by atoms with van der Waals surface area (Å²) >= 11 is 5.88. The van der Waals surface area contributed by atoms with Gasteiger partial charge in [-0.1, -0.05) is 23.7 Å². The van der Waals surface area contributed by atoms with Crippen LogP contribution in [0.15, 0.2) is 71.6 Å². The standard InChI is InChI=1S/C21H18ClN3O6S/c22-14-4-2-5-15(10-14)25-32(29,30)17-7-8-19(26)18(11-17)24-21(28)13-3-1-6-16(9-13)31-12-20(23)27/h1-11,25-26H,12H2,(H2,23,27)(H,24,28). The summed E-state index contributed by atoms with van der Waals surface area (Å²) in [5, 5.41) is 12.9. The lowest BCUT2D eigenvalue weighted by atomic mass is 10.2. The van der Waals surface area contributed by atoms with Gasteiger partial charge >= 0.3 is 0 Å². The zero-order valence-electron chi connectivity index (χ0n) is 16.4. The first-order chi connectivity index (χ1) is 15.1. The Morgan fingerprint density at radius 1 is 1.03 bits per heavy atom. The molecule has 0 atom stereocenters. The number of ether oxygens (including phenoxy) is 1. The van der Waals surface area contributed by atoms with Crippen molar-refractivity contribution < 1.29 is 27.9 Å². The number of hydrogen-bond donors (Lipinski definition) is 4. The molecule has 3 aromatic rings. The molecule has 0 spiro atoms. The molecule has 0 aromatic heterocycles. The smallest absolute Gasteiger partial charge is 0.261 e. The second kappa shape index (κ2) is 9.58. The number of phenols is 1. The summed E-state index contributed by atoms with van der Waals surface area (Å²) in [6.45, 7) is -0.356. The van der Waals surface area contributed by atoms with Crippen LogP contribution in [0.1, 0.15) is 10.4 Å². The Bertz CT molecular complexity index is 1280. The van der Waals surface area contributed by atoms with Crippen LogP contribution >= 0.6 is 11.6 Å². The summed E-state index contributed by atoms with van der Waals surface area (Å²) in [4.78, 5) is 23.3. The number of nitrogens with one attached hydrogen (secondary N) is 2. The van der Waals surface area contributed by atoms with Crippen LogP contribution < -0.4 is 20.5 Å². The fourth-order valence-electron chi connectivity index (χ4n) is 2.62. The van der Waals surface area contributed by atoms with Crippen LogP contribution in [0.5, 0.6) is 11.5 Å². The molecule has 0 aliphatic carbocycles. The van der Waals surface area contributed by atoms with Gasteiger partial charge in [0.2, 0.25) is 0 Å². The van der Waals surface area contributed by atoms with Crippen molar-refractivity contribution in [2.45, 2.75) is 4.90 Å². The SMILES string of the molecule is NC(=O)COc1cccc(C(=O)Nc2cc(S(=O)(=O)Nc3cccc(Cl)c3)ccc2O)c1. The minimum atomic E-state index is -4.03. The molecule has 5 N–H and O–H groups in total. The first kappa shape index (κ1) is 22.9. The maximum atomic E-state index is 12.7. The zero-order valence-corrected chi connectivity index (χ0v) is 18.0. The fourth-order valence-corrected chi connectivity index (χ4v) is 3.89. The average Bonchev–Trinajstić information content (AvgIpc) is 2.73. The lowest BCUT2D eigenvalue weighted by Crippen LogP contribution is -2.20. The average molecular weight is 476 g/mol. The number of rotatable bonds is 8. The van der Waals surface area contributed by atoms with Gasteiger partial charge in [-0.05, 0) is 54.6 Å². The number of aromatic hydroxyl groups is 1. The highest BCUT2D eigenvalue weighted by Gasteiger charge is 2.18. The molecule has 0 heterocycles. The summed E-state index contributed by atoms with van der Waals surface area (Å²) in [6.07, 6.45) is 0. The van der Waals surface area contributed by atoms with E-state index in [-0.39, 0.29) is 39.9 Å². The third kappa shape index (κ3) is 5.90. The Balaban J connectivity index is 1.81. The van der Waals surface area contributed by atoms with Crippen LogP contribution in [0.2, 0.25) is 5.02 Å². The highest BCUT2D eigenvalue weighted by molar-refractivity contribution is 7.92. The predicted octanol–water partition coefficient (Wildman–Crippen LogP) is 2.96. The first-order valence-corrected chi connectivity index (χ1v) is 10.9. The van der Waals surface area contributed by atoms with Crippen LogP contribution in [0.4, 0.5) is 11.4 Å². The predicted molar refractivity (Wildman–Crippen MR) is 119 cm³/mol. The number of nitrogens with two attached hydrogens (primary N) is 1. The van der Waals surface area contributed by atoms with E-state index >= 15 is 0 Å². The Labute approximate surface area is 188 Å². The van der Waals surface area contributed by atoms with Gasteiger partial charge < -0.3 is 20.9 Å². The van der Waals surface area contributed by atoms with Crippen molar-refractivity contribution >= 4 is 44.8 Å². The normalized spacial score (nSPS) is 10.9. The molecular formula is C21H18ClN3O6S. The maximum Gasteiger partial charge on any atom is 0.261 e. The number of phenolic OH excluding ortho intramolecular Hbond substituents is 1. The number of benzene rings is 3. The number of amides is 2. The molecule has 3 rings (SSSR count). The van der Waals surface area contributed by atoms with Crippen LogP contribution in [0.25, 0.3) is 0 Å². The van der Waals surface area contributed by atoms with Crippen molar-refractivity contribution in [3.05, 3.63) is 77.3 Å². The van der Waals surface area contributed by atoms with Gasteiger partial charge in [-0.25, -0.2) is 8.42 Å². The second-order valence-electron chi connectivity index (χ2n) is 6.53. The van der Waals surface area contributed by atoms with Crippen LogP contribution in [-0.4, -0.2) is 31.9 Å². The van der Waals surface area contributed by atoms with Gasteiger partial charge in [0.1, 0.15) is 11.5 Å². The van der Waals surface area contributed by atoms with E-state index in [1.54, 1.807) is 12.1 Å². The summed E-state index contributed by atoms with van der Waals surface area (Å²) in [5.41, 5.74) is 5.32. The molecule has 3 aromatic carbocycles. The lowest BCUT2D eigenvalue weighted by Gasteiger charge is -2.12. The second-order valence-corrected chi connectivity index (χ2v) is 8.65. The molecular weight excluding hydrogens is 458 g/mol. The van der Waals surface area contributed by atoms with E-state index in [1.807, 2.05) is 0 Å². The third-order valence-corrected chi connectivity index (χ3v) is 5.69. The van der Waals surface area contributed by atoms with E-state index in [2.05, 4.69) is 10.0 Å². The third-order valence-electron chi connectivity index (χ3n) is 4.08. The summed E-state index contributed by atoms with van der Waals surface area (Å²) < 4.78 is 32.9. The quantitative estimate of drug-likeness (QED) is 0.368. The molecule has 0 radical (unpaired) electrons. The number of carbonyl (C=O) groups is 2. The lowest BCUT2D eigenvalue weighted by molar-refractivity contribution is -0.119. The van der Waals surface area contributed by atoms with Gasteiger partial charge in [-0.2, -0.15) is 0 Å². The van der Waals surface area contributed by atoms with E-state index in [4.69, 9.17) is 22.1 Å². The molecule has 9 nitrogen and oxygen atoms in total. The Morgan fingerprint density at radius 2 is 1.78 bits per heavy atom. The van der Waals surface area contributed by atoms with Crippen molar-refractivity contribution in [3.63, 3.8) is 0 Å². The van der Waals surface area contributed by atoms with E-state index in [1.165, 1.54) is 42.5 Å². The molecule has 11 heteroatoms. The number of anilines is 2. The van der Waals surface area contributed by atoms with E-state index in [9.17, 15) is 23.1 Å². The van der Waals surface area contributed by atoms with E-state index in [0.29, 0.717) is 5.02 Å². The largest absolute Gasteiger partial charge is 0.506 e. The number of primary amides is 1. The molecule has 0 unspecified atom stereocenters. The first-order valence-electron chi connectivity index (χ1n) is 9.08. The molecule has 0 saturated carbocycles. The van der Waals surface area contributed by atoms with Crippen molar-refractivity contribution in [3.8, 4) is 11.5 Å². The summed E-state index contributed by atoms with van der Waals surface area (Å²) in [7, 11) is -4.03. The molecule has 0 aliphatic rings.